The van der Waals surface area contributed by atoms with Gasteiger partial charge in [0.05, 0.1) is 0 Å². The molecule has 0 atom stereocenters. The summed E-state index contributed by atoms with van der Waals surface area (Å²) in [6, 6.07) is 6.15. The Balaban J connectivity index is 2.58. The predicted molar refractivity (Wildman–Crippen MR) is 47.1 cm³/mol. The Bertz CT molecular complexity index is 351. The highest BCUT2D eigenvalue weighted by Crippen LogP contribution is 2.19. The van der Waals surface area contributed by atoms with Gasteiger partial charge in [-0.2, -0.15) is 0 Å². The third kappa shape index (κ3) is 0.951. The molecular formula is C11H8. The summed E-state index contributed by atoms with van der Waals surface area (Å²) >= 11 is 0. The molecule has 0 unspecified atom stereocenters. The van der Waals surface area contributed by atoms with Crippen molar-refractivity contribution in [1.29, 1.82) is 0 Å². The minimum Gasteiger partial charge on any atom is -0.115 e. The van der Waals surface area contributed by atoms with E-state index < -0.39 is 0 Å². The van der Waals surface area contributed by atoms with Crippen molar-refractivity contribution in [3.8, 4) is 12.3 Å². The Hall–Kier alpha value is -1.48. The van der Waals surface area contributed by atoms with Crippen molar-refractivity contribution in [2.75, 3.05) is 0 Å². The van der Waals surface area contributed by atoms with Gasteiger partial charge in [0.25, 0.3) is 0 Å². The normalized spacial score (nSPS) is 12.6. The van der Waals surface area contributed by atoms with Gasteiger partial charge in [-0.3, -0.25) is 0 Å². The average molecular weight is 140 g/mol. The van der Waals surface area contributed by atoms with Gasteiger partial charge in [0.15, 0.2) is 0 Å². The van der Waals surface area contributed by atoms with Crippen LogP contribution in [0.1, 0.15) is 16.7 Å². The van der Waals surface area contributed by atoms with Crippen LogP contribution < -0.4 is 0 Å². The molecule has 1 aromatic carbocycles. The number of terminal acetylenes is 1. The van der Waals surface area contributed by atoms with Crippen molar-refractivity contribution in [3.63, 3.8) is 0 Å². The van der Waals surface area contributed by atoms with Gasteiger partial charge >= 0.3 is 0 Å². The molecule has 1 aliphatic rings. The van der Waals surface area contributed by atoms with Crippen molar-refractivity contribution in [2.24, 2.45) is 0 Å². The molecule has 0 N–H and O–H groups in total. The van der Waals surface area contributed by atoms with Crippen LogP contribution >= 0.6 is 0 Å². The first kappa shape index (κ1) is 6.24. The zero-order valence-electron chi connectivity index (χ0n) is 6.17. The van der Waals surface area contributed by atoms with Gasteiger partial charge in [-0.05, 0) is 29.7 Å². The third-order valence-electron chi connectivity index (χ3n) is 1.95. The van der Waals surface area contributed by atoms with E-state index in [0.717, 1.165) is 12.0 Å². The number of allylic oxidation sites excluding steroid dienone is 1. The van der Waals surface area contributed by atoms with Gasteiger partial charge in [-0.1, -0.05) is 24.1 Å². The smallest absolute Gasteiger partial charge is 0.0248 e. The zero-order valence-corrected chi connectivity index (χ0v) is 6.17. The molecule has 0 fully saturated rings. The number of fused-ring (bicyclic) bond motifs is 1. The largest absolute Gasteiger partial charge is 0.115 e. The number of hydrogen-bond donors (Lipinski definition) is 0. The lowest BCUT2D eigenvalue weighted by Crippen LogP contribution is -1.82. The molecule has 0 amide bonds. The molecule has 52 valence electrons. The second-order valence-corrected chi connectivity index (χ2v) is 2.66. The molecular weight excluding hydrogens is 132 g/mol. The molecule has 11 heavy (non-hydrogen) atoms. The van der Waals surface area contributed by atoms with E-state index in [-0.39, 0.29) is 0 Å². The summed E-state index contributed by atoms with van der Waals surface area (Å²) in [7, 11) is 0. The SMILES string of the molecule is C#Cc1ccc2c(c1)C=CC2. The first-order chi connectivity index (χ1) is 5.40. The third-order valence-corrected chi connectivity index (χ3v) is 1.95. The Kier molecular flexibility index (Phi) is 1.30. The Morgan fingerprint density at radius 3 is 3.09 bits per heavy atom. The van der Waals surface area contributed by atoms with Crippen molar-refractivity contribution in [3.05, 3.63) is 41.0 Å². The van der Waals surface area contributed by atoms with Gasteiger partial charge in [0.1, 0.15) is 0 Å². The van der Waals surface area contributed by atoms with E-state index >= 15 is 0 Å². The van der Waals surface area contributed by atoms with E-state index in [0.29, 0.717) is 0 Å². The second-order valence-electron chi connectivity index (χ2n) is 2.66. The van der Waals surface area contributed by atoms with Crippen LogP contribution in [0.5, 0.6) is 0 Å². The van der Waals surface area contributed by atoms with E-state index in [9.17, 15) is 0 Å². The van der Waals surface area contributed by atoms with Crippen molar-refractivity contribution in [1.82, 2.24) is 0 Å². The standard InChI is InChI=1S/C11H8/c1-2-9-6-7-10-4-3-5-11(10)8-9/h1,3,5-8H,4H2. The summed E-state index contributed by atoms with van der Waals surface area (Å²) < 4.78 is 0. The van der Waals surface area contributed by atoms with E-state index in [1.807, 2.05) is 6.07 Å². The molecule has 0 nitrogen and oxygen atoms in total. The Morgan fingerprint density at radius 1 is 1.36 bits per heavy atom. The zero-order chi connectivity index (χ0) is 7.68. The predicted octanol–water partition coefficient (Wildman–Crippen LogP) is 2.24. The molecule has 0 saturated carbocycles. The summed E-state index contributed by atoms with van der Waals surface area (Å²) in [6.45, 7) is 0. The van der Waals surface area contributed by atoms with Crippen molar-refractivity contribution >= 4 is 6.08 Å². The number of rotatable bonds is 0. The van der Waals surface area contributed by atoms with Crippen molar-refractivity contribution < 1.29 is 0 Å². The maximum atomic E-state index is 5.27. The second kappa shape index (κ2) is 2.29. The highest BCUT2D eigenvalue weighted by Gasteiger charge is 2.03. The topological polar surface area (TPSA) is 0 Å². The lowest BCUT2D eigenvalue weighted by atomic mass is 10.1. The fourth-order valence-corrected chi connectivity index (χ4v) is 1.34. The van der Waals surface area contributed by atoms with Crippen LogP contribution in [-0.2, 0) is 6.42 Å². The maximum absolute atomic E-state index is 5.27. The van der Waals surface area contributed by atoms with Gasteiger partial charge in [-0.15, -0.1) is 6.42 Å². The molecule has 0 heterocycles. The quantitative estimate of drug-likeness (QED) is 0.485. The van der Waals surface area contributed by atoms with E-state index in [1.54, 1.807) is 0 Å². The number of benzene rings is 1. The van der Waals surface area contributed by atoms with Crippen molar-refractivity contribution in [2.45, 2.75) is 6.42 Å². The van der Waals surface area contributed by atoms with Gasteiger partial charge in [0.2, 0.25) is 0 Å². The first-order valence-corrected chi connectivity index (χ1v) is 3.66. The van der Waals surface area contributed by atoms with Crippen LogP contribution in [0.2, 0.25) is 0 Å². The molecule has 0 aromatic heterocycles. The molecule has 0 saturated heterocycles. The Labute approximate surface area is 66.6 Å². The van der Waals surface area contributed by atoms with E-state index in [2.05, 4.69) is 30.2 Å². The summed E-state index contributed by atoms with van der Waals surface area (Å²) in [4.78, 5) is 0. The van der Waals surface area contributed by atoms with Crippen LogP contribution in [-0.4, -0.2) is 0 Å². The molecule has 1 aliphatic carbocycles. The summed E-state index contributed by atoms with van der Waals surface area (Å²) in [5.41, 5.74) is 3.62. The molecule has 0 heteroatoms. The van der Waals surface area contributed by atoms with Gasteiger partial charge in [0, 0.05) is 5.56 Å². The molecule has 0 radical (unpaired) electrons. The molecule has 1 aromatic rings. The highest BCUT2D eigenvalue weighted by atomic mass is 14.1. The molecule has 2 rings (SSSR count). The maximum Gasteiger partial charge on any atom is 0.0248 e. The minimum atomic E-state index is 0.968. The molecule has 0 bridgehead atoms. The van der Waals surface area contributed by atoms with Gasteiger partial charge in [-0.25, -0.2) is 0 Å². The first-order valence-electron chi connectivity index (χ1n) is 3.66. The van der Waals surface area contributed by atoms with Gasteiger partial charge < -0.3 is 0 Å². The van der Waals surface area contributed by atoms with Crippen LogP contribution in [0.4, 0.5) is 0 Å². The highest BCUT2D eigenvalue weighted by molar-refractivity contribution is 5.61. The van der Waals surface area contributed by atoms with E-state index in [4.69, 9.17) is 6.42 Å². The summed E-state index contributed by atoms with van der Waals surface area (Å²) in [5, 5.41) is 0. The minimum absolute atomic E-state index is 0.968. The van der Waals surface area contributed by atoms with Crippen LogP contribution in [0.15, 0.2) is 24.3 Å². The fraction of sp³-hybridized carbons (Fsp3) is 0.0909. The Morgan fingerprint density at radius 2 is 2.27 bits per heavy atom. The number of hydrogen-bond acceptors (Lipinski definition) is 0. The van der Waals surface area contributed by atoms with Crippen LogP contribution in [0.3, 0.4) is 0 Å². The molecule has 0 spiro atoms. The lowest BCUT2D eigenvalue weighted by Gasteiger charge is -1.97. The van der Waals surface area contributed by atoms with E-state index in [1.165, 1.54) is 11.1 Å². The monoisotopic (exact) mass is 140 g/mol. The van der Waals surface area contributed by atoms with Crippen LogP contribution in [0, 0.1) is 12.3 Å². The summed E-state index contributed by atoms with van der Waals surface area (Å²) in [6.07, 6.45) is 10.6. The lowest BCUT2D eigenvalue weighted by molar-refractivity contribution is 1.31. The summed E-state index contributed by atoms with van der Waals surface area (Å²) in [5.74, 6) is 2.62. The molecule has 0 aliphatic heterocycles. The fourth-order valence-electron chi connectivity index (χ4n) is 1.34. The van der Waals surface area contributed by atoms with Crippen LogP contribution in [0.25, 0.3) is 6.08 Å². The average Bonchev–Trinajstić information content (AvgIpc) is 2.50.